The van der Waals surface area contributed by atoms with Crippen LogP contribution in [0.4, 0.5) is 15.8 Å². The van der Waals surface area contributed by atoms with Gasteiger partial charge in [0.25, 0.3) is 5.91 Å². The van der Waals surface area contributed by atoms with Crippen LogP contribution in [0.1, 0.15) is 15.9 Å². The first kappa shape index (κ1) is 18.7. The maximum atomic E-state index is 13.2. The third kappa shape index (κ3) is 4.95. The number of pyridine rings is 1. The number of amides is 1. The molecule has 0 radical (unpaired) electrons. The minimum atomic E-state index is -0.541. The predicted molar refractivity (Wildman–Crippen MR) is 104 cm³/mol. The summed E-state index contributed by atoms with van der Waals surface area (Å²) in [7, 11) is 1.62. The number of methoxy groups -OCH3 is 1. The van der Waals surface area contributed by atoms with E-state index in [9.17, 15) is 9.18 Å². The van der Waals surface area contributed by atoms with Crippen LogP contribution in [0, 0.1) is 5.82 Å². The Labute approximate surface area is 161 Å². The summed E-state index contributed by atoms with van der Waals surface area (Å²) in [6.07, 6.45) is 3.09. The van der Waals surface area contributed by atoms with Crippen molar-refractivity contribution in [2.45, 2.75) is 6.54 Å². The summed E-state index contributed by atoms with van der Waals surface area (Å²) in [6.45, 7) is 0.574. The molecule has 0 saturated heterocycles. The number of aromatic nitrogens is 1. The molecule has 138 valence electrons. The van der Waals surface area contributed by atoms with Crippen LogP contribution in [-0.4, -0.2) is 18.0 Å². The summed E-state index contributed by atoms with van der Waals surface area (Å²) in [6, 6.07) is 13.4. The van der Waals surface area contributed by atoms with Gasteiger partial charge in [-0.05, 0) is 42.0 Å². The highest BCUT2D eigenvalue weighted by Gasteiger charge is 2.09. The maximum Gasteiger partial charge on any atom is 0.257 e. The number of carbonyl (C=O) groups is 1. The van der Waals surface area contributed by atoms with E-state index in [0.717, 1.165) is 11.3 Å². The van der Waals surface area contributed by atoms with Crippen LogP contribution in [0.25, 0.3) is 0 Å². The van der Waals surface area contributed by atoms with Crippen LogP contribution in [-0.2, 0) is 6.54 Å². The summed E-state index contributed by atoms with van der Waals surface area (Å²) < 4.78 is 18.3. The molecule has 0 aliphatic heterocycles. The number of hydrogen-bond donors (Lipinski definition) is 2. The molecule has 0 aliphatic carbocycles. The predicted octanol–water partition coefficient (Wildman–Crippen LogP) is 4.75. The first-order valence-corrected chi connectivity index (χ1v) is 8.51. The van der Waals surface area contributed by atoms with E-state index in [0.29, 0.717) is 23.5 Å². The van der Waals surface area contributed by atoms with Gasteiger partial charge in [0.05, 0.1) is 23.4 Å². The molecule has 0 fully saturated rings. The van der Waals surface area contributed by atoms with Gasteiger partial charge in [0.2, 0.25) is 0 Å². The first-order valence-electron chi connectivity index (χ1n) is 8.13. The number of hydrogen-bond acceptors (Lipinski definition) is 4. The standard InChI is InChI=1S/C20H17ClFN3O2/c1-27-17-5-2-13(3-6-17)10-24-16-8-14(11-23-12-16)20(26)25-15-4-7-19(22)18(21)9-15/h2-9,11-12,24H,10H2,1H3,(H,25,26). The first-order chi connectivity index (χ1) is 13.0. The summed E-state index contributed by atoms with van der Waals surface area (Å²) in [4.78, 5) is 16.5. The molecule has 3 aromatic rings. The zero-order valence-electron chi connectivity index (χ0n) is 14.5. The second-order valence-corrected chi connectivity index (χ2v) is 6.15. The number of rotatable bonds is 6. The lowest BCUT2D eigenvalue weighted by atomic mass is 10.2. The van der Waals surface area contributed by atoms with Crippen molar-refractivity contribution >= 4 is 28.9 Å². The molecular formula is C20H17ClFN3O2. The molecule has 0 saturated carbocycles. The number of nitrogens with one attached hydrogen (secondary N) is 2. The second kappa shape index (κ2) is 8.51. The average Bonchev–Trinajstić information content (AvgIpc) is 2.70. The Morgan fingerprint density at radius 3 is 2.59 bits per heavy atom. The topological polar surface area (TPSA) is 63.2 Å². The van der Waals surface area contributed by atoms with Crippen LogP contribution in [0.5, 0.6) is 5.75 Å². The molecule has 1 amide bonds. The smallest absolute Gasteiger partial charge is 0.257 e. The molecule has 1 aromatic heterocycles. The summed E-state index contributed by atoms with van der Waals surface area (Å²) in [5.41, 5.74) is 2.54. The van der Waals surface area contributed by atoms with Crippen molar-refractivity contribution in [2.24, 2.45) is 0 Å². The molecule has 1 heterocycles. The fourth-order valence-electron chi connectivity index (χ4n) is 2.39. The Bertz CT molecular complexity index is 948. The van der Waals surface area contributed by atoms with Crippen molar-refractivity contribution in [3.05, 3.63) is 82.9 Å². The molecule has 2 aromatic carbocycles. The molecular weight excluding hydrogens is 369 g/mol. The van der Waals surface area contributed by atoms with E-state index in [4.69, 9.17) is 16.3 Å². The largest absolute Gasteiger partial charge is 0.497 e. The van der Waals surface area contributed by atoms with Crippen LogP contribution in [0.3, 0.4) is 0 Å². The van der Waals surface area contributed by atoms with E-state index in [1.165, 1.54) is 24.4 Å². The molecule has 0 atom stereocenters. The number of nitrogens with zero attached hydrogens (tertiary/aromatic N) is 1. The van der Waals surface area contributed by atoms with Crippen molar-refractivity contribution in [3.8, 4) is 5.75 Å². The van der Waals surface area contributed by atoms with Gasteiger partial charge >= 0.3 is 0 Å². The monoisotopic (exact) mass is 385 g/mol. The third-order valence-electron chi connectivity index (χ3n) is 3.83. The normalized spacial score (nSPS) is 10.3. The lowest BCUT2D eigenvalue weighted by Gasteiger charge is -2.09. The van der Waals surface area contributed by atoms with Gasteiger partial charge in [0, 0.05) is 24.6 Å². The van der Waals surface area contributed by atoms with Crippen molar-refractivity contribution < 1.29 is 13.9 Å². The van der Waals surface area contributed by atoms with Crippen molar-refractivity contribution in [1.29, 1.82) is 0 Å². The van der Waals surface area contributed by atoms with Crippen LogP contribution in [0.2, 0.25) is 5.02 Å². The minimum Gasteiger partial charge on any atom is -0.497 e. The van der Waals surface area contributed by atoms with Crippen molar-refractivity contribution in [1.82, 2.24) is 4.98 Å². The van der Waals surface area contributed by atoms with Crippen LogP contribution < -0.4 is 15.4 Å². The summed E-state index contributed by atoms with van der Waals surface area (Å²) in [5, 5.41) is 5.83. The van der Waals surface area contributed by atoms with Crippen molar-refractivity contribution in [3.63, 3.8) is 0 Å². The number of ether oxygens (including phenoxy) is 1. The number of carbonyl (C=O) groups excluding carboxylic acids is 1. The highest BCUT2D eigenvalue weighted by atomic mass is 35.5. The van der Waals surface area contributed by atoms with E-state index in [1.807, 2.05) is 24.3 Å². The lowest BCUT2D eigenvalue weighted by molar-refractivity contribution is 0.102. The summed E-state index contributed by atoms with van der Waals surface area (Å²) >= 11 is 5.73. The van der Waals surface area contributed by atoms with E-state index in [-0.39, 0.29) is 10.9 Å². The second-order valence-electron chi connectivity index (χ2n) is 5.75. The fourth-order valence-corrected chi connectivity index (χ4v) is 2.57. The fraction of sp³-hybridized carbons (Fsp3) is 0.100. The molecule has 0 bridgehead atoms. The molecule has 2 N–H and O–H groups in total. The van der Waals surface area contributed by atoms with Gasteiger partial charge in [-0.15, -0.1) is 0 Å². The number of anilines is 2. The Hall–Kier alpha value is -3.12. The van der Waals surface area contributed by atoms with Gasteiger partial charge in [0.15, 0.2) is 0 Å². The van der Waals surface area contributed by atoms with Gasteiger partial charge < -0.3 is 15.4 Å². The molecule has 3 rings (SSSR count). The van der Waals surface area contributed by atoms with Gasteiger partial charge in [-0.25, -0.2) is 4.39 Å². The van der Waals surface area contributed by atoms with E-state index >= 15 is 0 Å². The summed E-state index contributed by atoms with van der Waals surface area (Å²) in [5.74, 6) is -0.112. The highest BCUT2D eigenvalue weighted by Crippen LogP contribution is 2.20. The Balaban J connectivity index is 1.65. The molecule has 0 aliphatic rings. The number of benzene rings is 2. The highest BCUT2D eigenvalue weighted by molar-refractivity contribution is 6.31. The van der Waals surface area contributed by atoms with Crippen LogP contribution in [0.15, 0.2) is 60.9 Å². The van der Waals surface area contributed by atoms with Crippen molar-refractivity contribution in [2.75, 3.05) is 17.7 Å². The SMILES string of the molecule is COc1ccc(CNc2cncc(C(=O)Nc3ccc(F)c(Cl)c3)c2)cc1. The zero-order valence-corrected chi connectivity index (χ0v) is 15.3. The molecule has 0 unspecified atom stereocenters. The Kier molecular flexibility index (Phi) is 5.88. The molecule has 7 heteroatoms. The average molecular weight is 386 g/mol. The Morgan fingerprint density at radius 2 is 1.89 bits per heavy atom. The van der Waals surface area contributed by atoms with E-state index in [1.54, 1.807) is 19.4 Å². The van der Waals surface area contributed by atoms with Crippen LogP contribution >= 0.6 is 11.6 Å². The maximum absolute atomic E-state index is 13.2. The Morgan fingerprint density at radius 1 is 1.11 bits per heavy atom. The van der Waals surface area contributed by atoms with E-state index in [2.05, 4.69) is 15.6 Å². The molecule has 5 nitrogen and oxygen atoms in total. The quantitative estimate of drug-likeness (QED) is 0.643. The third-order valence-corrected chi connectivity index (χ3v) is 4.12. The van der Waals surface area contributed by atoms with Gasteiger partial charge in [-0.1, -0.05) is 23.7 Å². The van der Waals surface area contributed by atoms with Gasteiger partial charge in [0.1, 0.15) is 11.6 Å². The number of halogens is 2. The van der Waals surface area contributed by atoms with E-state index < -0.39 is 5.82 Å². The molecule has 0 spiro atoms. The zero-order chi connectivity index (χ0) is 19.2. The van der Waals surface area contributed by atoms with Gasteiger partial charge in [-0.2, -0.15) is 0 Å². The lowest BCUT2D eigenvalue weighted by Crippen LogP contribution is -2.13. The minimum absolute atomic E-state index is 0.0548. The molecule has 27 heavy (non-hydrogen) atoms. The van der Waals surface area contributed by atoms with Gasteiger partial charge in [-0.3, -0.25) is 9.78 Å².